The van der Waals surface area contributed by atoms with Crippen LogP contribution >= 0.6 is 0 Å². The van der Waals surface area contributed by atoms with Gasteiger partial charge in [0.1, 0.15) is 5.75 Å². The van der Waals surface area contributed by atoms with E-state index in [1.54, 1.807) is 12.4 Å². The fourth-order valence-corrected chi connectivity index (χ4v) is 3.05. The SMILES string of the molecule is CC/C(=C(/c1ccncc1)c1ccc(OC(C)=O)cc1)c1ccccc1. The molecule has 0 bridgehead atoms. The van der Waals surface area contributed by atoms with E-state index in [9.17, 15) is 4.79 Å². The third kappa shape index (κ3) is 4.06. The summed E-state index contributed by atoms with van der Waals surface area (Å²) in [4.78, 5) is 15.3. The highest BCUT2D eigenvalue weighted by atomic mass is 16.5. The van der Waals surface area contributed by atoms with Gasteiger partial charge in [-0.25, -0.2) is 0 Å². The minimum Gasteiger partial charge on any atom is -0.427 e. The lowest BCUT2D eigenvalue weighted by Gasteiger charge is -2.16. The zero-order chi connectivity index (χ0) is 18.4. The topological polar surface area (TPSA) is 39.2 Å². The van der Waals surface area contributed by atoms with Gasteiger partial charge in [-0.05, 0) is 58.5 Å². The highest BCUT2D eigenvalue weighted by Gasteiger charge is 2.13. The Morgan fingerprint density at radius 1 is 0.846 bits per heavy atom. The van der Waals surface area contributed by atoms with Crippen molar-refractivity contribution in [2.75, 3.05) is 0 Å². The number of esters is 1. The average Bonchev–Trinajstić information content (AvgIpc) is 2.68. The Balaban J connectivity index is 2.16. The van der Waals surface area contributed by atoms with Crippen LogP contribution in [0, 0.1) is 0 Å². The van der Waals surface area contributed by atoms with Crippen LogP contribution in [0.1, 0.15) is 37.0 Å². The van der Waals surface area contributed by atoms with Crippen LogP contribution in [0.3, 0.4) is 0 Å². The Morgan fingerprint density at radius 2 is 1.46 bits per heavy atom. The maximum Gasteiger partial charge on any atom is 0.308 e. The summed E-state index contributed by atoms with van der Waals surface area (Å²) < 4.78 is 5.16. The Kier molecular flexibility index (Phi) is 5.59. The van der Waals surface area contributed by atoms with Crippen LogP contribution in [0.4, 0.5) is 0 Å². The average molecular weight is 343 g/mol. The molecule has 0 fully saturated rings. The maximum atomic E-state index is 11.2. The first-order valence-electron chi connectivity index (χ1n) is 8.67. The Labute approximate surface area is 154 Å². The van der Waals surface area contributed by atoms with Crippen molar-refractivity contribution in [2.24, 2.45) is 0 Å². The van der Waals surface area contributed by atoms with E-state index in [2.05, 4.69) is 36.2 Å². The largest absolute Gasteiger partial charge is 0.427 e. The molecule has 3 heteroatoms. The number of nitrogens with zero attached hydrogens (tertiary/aromatic N) is 1. The van der Waals surface area contributed by atoms with Crippen molar-refractivity contribution in [1.82, 2.24) is 4.98 Å². The number of allylic oxidation sites excluding steroid dienone is 1. The predicted molar refractivity (Wildman–Crippen MR) is 105 cm³/mol. The molecule has 2 aromatic carbocycles. The Bertz CT molecular complexity index is 898. The highest BCUT2D eigenvalue weighted by Crippen LogP contribution is 2.34. The van der Waals surface area contributed by atoms with Gasteiger partial charge in [-0.2, -0.15) is 0 Å². The maximum absolute atomic E-state index is 11.2. The number of aromatic nitrogens is 1. The van der Waals surface area contributed by atoms with Gasteiger partial charge in [0.15, 0.2) is 0 Å². The number of carbonyl (C=O) groups is 1. The molecule has 3 rings (SSSR count). The number of carbonyl (C=O) groups excluding carboxylic acids is 1. The van der Waals surface area contributed by atoms with Crippen molar-refractivity contribution in [3.63, 3.8) is 0 Å². The first-order valence-corrected chi connectivity index (χ1v) is 8.67. The molecule has 1 heterocycles. The molecule has 0 aliphatic rings. The van der Waals surface area contributed by atoms with Crippen LogP contribution in [0.25, 0.3) is 11.1 Å². The van der Waals surface area contributed by atoms with Gasteiger partial charge in [0.05, 0.1) is 0 Å². The molecular weight excluding hydrogens is 322 g/mol. The van der Waals surface area contributed by atoms with Gasteiger partial charge in [0.2, 0.25) is 0 Å². The number of hydrogen-bond acceptors (Lipinski definition) is 3. The van der Waals surface area contributed by atoms with Crippen LogP contribution in [-0.2, 0) is 4.79 Å². The van der Waals surface area contributed by atoms with E-state index in [0.717, 1.165) is 23.1 Å². The van der Waals surface area contributed by atoms with E-state index in [4.69, 9.17) is 4.74 Å². The molecule has 3 aromatic rings. The third-order valence-corrected chi connectivity index (χ3v) is 4.15. The molecule has 0 atom stereocenters. The summed E-state index contributed by atoms with van der Waals surface area (Å²) in [6.07, 6.45) is 4.51. The molecule has 130 valence electrons. The van der Waals surface area contributed by atoms with Gasteiger partial charge in [-0.3, -0.25) is 9.78 Å². The van der Waals surface area contributed by atoms with Crippen LogP contribution in [-0.4, -0.2) is 11.0 Å². The second-order valence-corrected chi connectivity index (χ2v) is 5.93. The van der Waals surface area contributed by atoms with E-state index in [-0.39, 0.29) is 5.97 Å². The molecule has 1 aromatic heterocycles. The summed E-state index contributed by atoms with van der Waals surface area (Å²) in [5.41, 5.74) is 5.81. The van der Waals surface area contributed by atoms with Crippen molar-refractivity contribution in [3.05, 3.63) is 95.8 Å². The van der Waals surface area contributed by atoms with Gasteiger partial charge >= 0.3 is 5.97 Å². The van der Waals surface area contributed by atoms with E-state index < -0.39 is 0 Å². The van der Waals surface area contributed by atoms with Crippen molar-refractivity contribution in [2.45, 2.75) is 20.3 Å². The lowest BCUT2D eigenvalue weighted by molar-refractivity contribution is -0.131. The molecule has 0 spiro atoms. The summed E-state index contributed by atoms with van der Waals surface area (Å²) in [5, 5.41) is 0. The lowest BCUT2D eigenvalue weighted by Crippen LogP contribution is -2.01. The number of ether oxygens (including phenoxy) is 1. The van der Waals surface area contributed by atoms with Crippen LogP contribution in [0.5, 0.6) is 5.75 Å². The number of benzene rings is 2. The smallest absolute Gasteiger partial charge is 0.308 e. The van der Waals surface area contributed by atoms with Gasteiger partial charge < -0.3 is 4.74 Å². The minimum absolute atomic E-state index is 0.318. The fourth-order valence-electron chi connectivity index (χ4n) is 3.05. The van der Waals surface area contributed by atoms with Crippen LogP contribution < -0.4 is 4.74 Å². The number of pyridine rings is 1. The van der Waals surface area contributed by atoms with Crippen molar-refractivity contribution >= 4 is 17.1 Å². The zero-order valence-electron chi connectivity index (χ0n) is 15.0. The summed E-state index contributed by atoms with van der Waals surface area (Å²) in [6, 6.07) is 22.1. The molecule has 26 heavy (non-hydrogen) atoms. The normalized spacial score (nSPS) is 11.6. The molecule has 3 nitrogen and oxygen atoms in total. The predicted octanol–water partition coefficient (Wildman–Crippen LogP) is 5.38. The molecule has 0 N–H and O–H groups in total. The molecule has 0 unspecified atom stereocenters. The van der Waals surface area contributed by atoms with Gasteiger partial charge in [0, 0.05) is 19.3 Å². The molecule has 0 radical (unpaired) electrons. The summed E-state index contributed by atoms with van der Waals surface area (Å²) in [5.74, 6) is 0.231. The van der Waals surface area contributed by atoms with Crippen molar-refractivity contribution < 1.29 is 9.53 Å². The Morgan fingerprint density at radius 3 is 2.04 bits per heavy atom. The molecule has 0 aliphatic carbocycles. The molecule has 0 amide bonds. The van der Waals surface area contributed by atoms with Gasteiger partial charge in [-0.1, -0.05) is 49.4 Å². The van der Waals surface area contributed by atoms with Crippen molar-refractivity contribution in [3.8, 4) is 5.75 Å². The number of rotatable bonds is 5. The highest BCUT2D eigenvalue weighted by molar-refractivity contribution is 5.98. The number of hydrogen-bond donors (Lipinski definition) is 0. The van der Waals surface area contributed by atoms with Gasteiger partial charge in [0.25, 0.3) is 0 Å². The van der Waals surface area contributed by atoms with Crippen molar-refractivity contribution in [1.29, 1.82) is 0 Å². The van der Waals surface area contributed by atoms with E-state index in [1.165, 1.54) is 18.1 Å². The molecule has 0 saturated heterocycles. The van der Waals surface area contributed by atoms with Crippen LogP contribution in [0.2, 0.25) is 0 Å². The quantitative estimate of drug-likeness (QED) is 0.355. The standard InChI is InChI=1S/C23H21NO2/c1-3-22(18-7-5-4-6-8-18)23(20-13-15-24-16-14-20)19-9-11-21(12-10-19)26-17(2)25/h4-16H,3H2,1-2H3/b23-22-. The first kappa shape index (κ1) is 17.6. The Hall–Kier alpha value is -3.20. The molecule has 0 saturated carbocycles. The first-order chi connectivity index (χ1) is 12.7. The fraction of sp³-hybridized carbons (Fsp3) is 0.130. The van der Waals surface area contributed by atoms with E-state index in [0.29, 0.717) is 5.75 Å². The molecule has 0 aliphatic heterocycles. The van der Waals surface area contributed by atoms with E-state index in [1.807, 2.05) is 42.5 Å². The summed E-state index contributed by atoms with van der Waals surface area (Å²) >= 11 is 0. The van der Waals surface area contributed by atoms with Crippen LogP contribution in [0.15, 0.2) is 79.1 Å². The van der Waals surface area contributed by atoms with E-state index >= 15 is 0 Å². The van der Waals surface area contributed by atoms with Gasteiger partial charge in [-0.15, -0.1) is 0 Å². The summed E-state index contributed by atoms with van der Waals surface area (Å²) in [6.45, 7) is 3.57. The summed E-state index contributed by atoms with van der Waals surface area (Å²) in [7, 11) is 0. The zero-order valence-corrected chi connectivity index (χ0v) is 15.0. The monoisotopic (exact) mass is 343 g/mol. The molecular formula is C23H21NO2. The lowest BCUT2D eigenvalue weighted by atomic mass is 9.88. The second kappa shape index (κ2) is 8.26. The second-order valence-electron chi connectivity index (χ2n) is 5.93. The minimum atomic E-state index is -0.318. The third-order valence-electron chi connectivity index (χ3n) is 4.15.